The molecule has 0 saturated heterocycles. The van der Waals surface area contributed by atoms with Gasteiger partial charge in [-0.15, -0.1) is 23.2 Å². The molecule has 0 aromatic heterocycles. The van der Waals surface area contributed by atoms with Crippen molar-refractivity contribution in [3.05, 3.63) is 0 Å². The van der Waals surface area contributed by atoms with E-state index in [9.17, 15) is 9.59 Å². The average Bonchev–Trinajstić information content (AvgIpc) is 2.47. The molecule has 0 bridgehead atoms. The van der Waals surface area contributed by atoms with Crippen LogP contribution in [0.4, 0.5) is 0 Å². The maximum absolute atomic E-state index is 11.3. The third kappa shape index (κ3) is 16.9. The van der Waals surface area contributed by atoms with Gasteiger partial charge in [-0.25, -0.2) is 0 Å². The molecular formula is C14H24Cl2O2S5. The first-order valence-corrected chi connectivity index (χ1v) is 12.6. The van der Waals surface area contributed by atoms with Crippen molar-refractivity contribution in [3.8, 4) is 0 Å². The van der Waals surface area contributed by atoms with Gasteiger partial charge in [0.1, 0.15) is 0 Å². The first kappa shape index (κ1) is 24.7. The fraction of sp³-hybridized carbons (Fsp3) is 0.857. The van der Waals surface area contributed by atoms with E-state index in [2.05, 4.69) is 25.3 Å². The van der Waals surface area contributed by atoms with Crippen molar-refractivity contribution < 1.29 is 9.59 Å². The highest BCUT2D eigenvalue weighted by Gasteiger charge is 2.10. The van der Waals surface area contributed by atoms with Gasteiger partial charge in [0.05, 0.1) is 0 Å². The summed E-state index contributed by atoms with van der Waals surface area (Å²) >= 11 is 24.7. The van der Waals surface area contributed by atoms with Crippen LogP contribution in [0.3, 0.4) is 0 Å². The van der Waals surface area contributed by atoms with Crippen LogP contribution >= 0.6 is 83.7 Å². The van der Waals surface area contributed by atoms with Gasteiger partial charge >= 0.3 is 0 Å². The molecule has 0 fully saturated rings. The van der Waals surface area contributed by atoms with Crippen molar-refractivity contribution in [3.63, 3.8) is 0 Å². The van der Waals surface area contributed by atoms with E-state index in [0.29, 0.717) is 24.6 Å². The van der Waals surface area contributed by atoms with E-state index >= 15 is 0 Å². The van der Waals surface area contributed by atoms with Crippen molar-refractivity contribution in [1.29, 1.82) is 0 Å². The van der Waals surface area contributed by atoms with E-state index in [-0.39, 0.29) is 20.7 Å². The number of carbonyl (C=O) groups excluding carboxylic acids is 2. The number of alkyl halides is 2. The minimum Gasteiger partial charge on any atom is -0.287 e. The standard InChI is InChI=1S/C14H24Cl2O2S5/c15-5-1-13(17)22-7-3-11(19)9-21-10-12(20)4-8-23-14(18)2-6-16/h11-12,19-20H,1-10H2. The van der Waals surface area contributed by atoms with E-state index in [1.807, 2.05) is 11.8 Å². The Kier molecular flexibility index (Phi) is 18.3. The second kappa shape index (κ2) is 17.1. The van der Waals surface area contributed by atoms with Crippen LogP contribution in [-0.2, 0) is 9.59 Å². The number of carbonyl (C=O) groups is 2. The Bertz CT molecular complexity index is 304. The maximum atomic E-state index is 11.3. The highest BCUT2D eigenvalue weighted by atomic mass is 35.5. The normalized spacial score (nSPS) is 13.7. The monoisotopic (exact) mass is 454 g/mol. The Morgan fingerprint density at radius 1 is 0.826 bits per heavy atom. The quantitative estimate of drug-likeness (QED) is 0.288. The number of hydrogen-bond acceptors (Lipinski definition) is 7. The predicted molar refractivity (Wildman–Crippen MR) is 118 cm³/mol. The van der Waals surface area contributed by atoms with Gasteiger partial charge < -0.3 is 0 Å². The molecule has 2 nitrogen and oxygen atoms in total. The smallest absolute Gasteiger partial charge is 0.190 e. The van der Waals surface area contributed by atoms with Gasteiger partial charge in [0, 0.05) is 58.1 Å². The van der Waals surface area contributed by atoms with Gasteiger partial charge in [-0.1, -0.05) is 23.5 Å². The lowest BCUT2D eigenvalue weighted by Gasteiger charge is -2.13. The Labute approximate surface area is 173 Å². The predicted octanol–water partition coefficient (Wildman–Crippen LogP) is 4.87. The fourth-order valence-corrected chi connectivity index (χ4v) is 6.00. The highest BCUT2D eigenvalue weighted by molar-refractivity contribution is 8.13. The third-order valence-electron chi connectivity index (χ3n) is 2.65. The molecule has 2 unspecified atom stereocenters. The minimum atomic E-state index is 0.157. The minimum absolute atomic E-state index is 0.157. The van der Waals surface area contributed by atoms with Crippen molar-refractivity contribution in [1.82, 2.24) is 0 Å². The second-order valence-corrected chi connectivity index (χ2v) is 10.3. The van der Waals surface area contributed by atoms with Crippen LogP contribution in [0.5, 0.6) is 0 Å². The summed E-state index contributed by atoms with van der Waals surface area (Å²) in [4.78, 5) is 22.6. The molecule has 0 radical (unpaired) electrons. The number of halogens is 2. The van der Waals surface area contributed by atoms with E-state index < -0.39 is 0 Å². The van der Waals surface area contributed by atoms with Gasteiger partial charge in [0.2, 0.25) is 0 Å². The molecule has 0 aliphatic heterocycles. The first-order valence-electron chi connectivity index (χ1n) is 7.36. The second-order valence-electron chi connectivity index (χ2n) is 4.74. The summed E-state index contributed by atoms with van der Waals surface area (Å²) in [6.07, 6.45) is 2.69. The van der Waals surface area contributed by atoms with Crippen LogP contribution < -0.4 is 0 Å². The lowest BCUT2D eigenvalue weighted by atomic mass is 10.4. The molecule has 0 spiro atoms. The van der Waals surface area contributed by atoms with Crippen molar-refractivity contribution in [2.24, 2.45) is 0 Å². The summed E-state index contributed by atoms with van der Waals surface area (Å²) in [6, 6.07) is 0. The van der Waals surface area contributed by atoms with Gasteiger partial charge in [-0.05, 0) is 12.8 Å². The Morgan fingerprint density at radius 2 is 1.22 bits per heavy atom. The molecule has 0 aromatic carbocycles. The summed E-state index contributed by atoms with van der Waals surface area (Å²) < 4.78 is 0. The average molecular weight is 456 g/mol. The van der Waals surface area contributed by atoms with Gasteiger partial charge in [0.25, 0.3) is 0 Å². The molecule has 0 heterocycles. The summed E-state index contributed by atoms with van der Waals surface area (Å²) in [5.41, 5.74) is 0. The summed E-state index contributed by atoms with van der Waals surface area (Å²) in [6.45, 7) is 0. The molecule has 9 heteroatoms. The highest BCUT2D eigenvalue weighted by Crippen LogP contribution is 2.19. The lowest BCUT2D eigenvalue weighted by Crippen LogP contribution is -2.10. The van der Waals surface area contributed by atoms with Crippen LogP contribution in [0.15, 0.2) is 0 Å². The van der Waals surface area contributed by atoms with Crippen LogP contribution in [0.1, 0.15) is 25.7 Å². The molecule has 0 N–H and O–H groups in total. The molecule has 0 aliphatic carbocycles. The molecule has 0 saturated carbocycles. The zero-order valence-corrected chi connectivity index (χ0v) is 18.7. The van der Waals surface area contributed by atoms with Crippen molar-refractivity contribution in [2.75, 3.05) is 34.8 Å². The number of thioether (sulfide) groups is 3. The topological polar surface area (TPSA) is 34.1 Å². The molecule has 2 atom stereocenters. The molecule has 136 valence electrons. The van der Waals surface area contributed by atoms with E-state index in [1.165, 1.54) is 23.5 Å². The SMILES string of the molecule is O=C(CCCl)SCCC(S)CSCC(S)CCSC(=O)CCCl. The van der Waals surface area contributed by atoms with Crippen LogP contribution in [0, 0.1) is 0 Å². The zero-order valence-electron chi connectivity index (χ0n) is 12.9. The molecule has 23 heavy (non-hydrogen) atoms. The Hall–Kier alpha value is 1.67. The molecule has 0 rings (SSSR count). The van der Waals surface area contributed by atoms with Crippen LogP contribution in [0.2, 0.25) is 0 Å². The summed E-state index contributed by atoms with van der Waals surface area (Å²) in [5, 5.41) is 0.891. The fourth-order valence-electron chi connectivity index (χ4n) is 1.42. The van der Waals surface area contributed by atoms with Gasteiger partial charge in [0.15, 0.2) is 10.2 Å². The van der Waals surface area contributed by atoms with Crippen molar-refractivity contribution >= 4 is 94.0 Å². The molecule has 0 amide bonds. The molecule has 0 aromatic rings. The molecular weight excluding hydrogens is 431 g/mol. The Balaban J connectivity index is 3.53. The third-order valence-corrected chi connectivity index (χ3v) is 7.61. The summed E-state index contributed by atoms with van der Waals surface area (Å²) in [5.74, 6) is 4.28. The first-order chi connectivity index (χ1) is 11.0. The number of hydrogen-bond donors (Lipinski definition) is 2. The largest absolute Gasteiger partial charge is 0.287 e. The van der Waals surface area contributed by atoms with Gasteiger partial charge in [-0.2, -0.15) is 37.0 Å². The van der Waals surface area contributed by atoms with E-state index in [1.54, 1.807) is 0 Å². The van der Waals surface area contributed by atoms with Crippen LogP contribution in [0.25, 0.3) is 0 Å². The summed E-state index contributed by atoms with van der Waals surface area (Å²) in [7, 11) is 0. The van der Waals surface area contributed by atoms with Crippen LogP contribution in [-0.4, -0.2) is 55.5 Å². The van der Waals surface area contributed by atoms with Crippen molar-refractivity contribution in [2.45, 2.75) is 36.2 Å². The molecule has 0 aliphatic rings. The zero-order chi connectivity index (χ0) is 17.5. The number of thiol groups is 2. The van der Waals surface area contributed by atoms with E-state index in [4.69, 9.17) is 23.2 Å². The number of rotatable bonds is 14. The van der Waals surface area contributed by atoms with E-state index in [0.717, 1.165) is 35.9 Å². The maximum Gasteiger partial charge on any atom is 0.190 e. The van der Waals surface area contributed by atoms with Gasteiger partial charge in [-0.3, -0.25) is 9.59 Å². The lowest BCUT2D eigenvalue weighted by molar-refractivity contribution is -0.111. The Morgan fingerprint density at radius 3 is 1.57 bits per heavy atom.